The van der Waals surface area contributed by atoms with Crippen LogP contribution in [0.25, 0.3) is 12.2 Å². The van der Waals surface area contributed by atoms with E-state index in [2.05, 4.69) is 17.9 Å². The molecular formula is C20H26ClNO4S. The van der Waals surface area contributed by atoms with Gasteiger partial charge in [-0.25, -0.2) is 8.42 Å². The van der Waals surface area contributed by atoms with Crippen LogP contribution in [0, 0.1) is 0 Å². The topological polar surface area (TPSA) is 75.6 Å². The molecule has 0 atom stereocenters. The number of aromatic hydroxyl groups is 1. The molecular weight excluding hydrogens is 386 g/mol. The molecule has 0 aliphatic rings. The molecule has 7 heteroatoms. The Bertz CT molecular complexity index is 899. The molecule has 0 aromatic heterocycles. The number of ether oxygens (including phenoxy) is 1. The van der Waals surface area contributed by atoms with E-state index in [1.165, 1.54) is 25.3 Å². The molecule has 1 aromatic carbocycles. The molecule has 2 N–H and O–H groups in total. The standard InChI is InChI=1S/C20H26ClNO4S/c1-7-10-11-13(4)20(14(5)26-6)27(24,25)22-18-12-17(21)19(23)16(9-3)15(18)8-2/h8-9,11-12,22-23H,2-3,7,10H2,1,4-6H3/b13-11+,20-14+. The summed E-state index contributed by atoms with van der Waals surface area (Å²) in [5.74, 6) is 0.0775. The quantitative estimate of drug-likeness (QED) is 0.310. The third-order valence-electron chi connectivity index (χ3n) is 3.98. The molecule has 148 valence electrons. The van der Waals surface area contributed by atoms with Crippen LogP contribution in [0.3, 0.4) is 0 Å². The second-order valence-electron chi connectivity index (χ2n) is 5.86. The van der Waals surface area contributed by atoms with E-state index in [1.54, 1.807) is 13.8 Å². The van der Waals surface area contributed by atoms with Crippen molar-refractivity contribution in [3.63, 3.8) is 0 Å². The molecule has 1 rings (SSSR count). The zero-order valence-electron chi connectivity index (χ0n) is 16.1. The fraction of sp³-hybridized carbons (Fsp3) is 0.300. The van der Waals surface area contributed by atoms with Crippen molar-refractivity contribution in [2.45, 2.75) is 33.6 Å². The first-order chi connectivity index (χ1) is 12.6. The number of allylic oxidation sites excluding steroid dienone is 3. The highest BCUT2D eigenvalue weighted by Crippen LogP contribution is 2.38. The summed E-state index contributed by atoms with van der Waals surface area (Å²) in [5, 5.41) is 10.1. The fourth-order valence-corrected chi connectivity index (χ4v) is 4.35. The number of phenolic OH excluding ortho intramolecular Hbond substituents is 1. The van der Waals surface area contributed by atoms with Gasteiger partial charge in [-0.1, -0.05) is 56.3 Å². The molecule has 0 fully saturated rings. The first-order valence-electron chi connectivity index (χ1n) is 8.39. The average Bonchev–Trinajstić information content (AvgIpc) is 2.61. The molecule has 0 aliphatic heterocycles. The van der Waals surface area contributed by atoms with Crippen LogP contribution in [0.5, 0.6) is 5.75 Å². The van der Waals surface area contributed by atoms with Gasteiger partial charge in [0.05, 0.1) is 17.8 Å². The van der Waals surface area contributed by atoms with Gasteiger partial charge < -0.3 is 9.84 Å². The maximum Gasteiger partial charge on any atom is 0.265 e. The monoisotopic (exact) mass is 411 g/mol. The van der Waals surface area contributed by atoms with Crippen LogP contribution in [0.2, 0.25) is 5.02 Å². The average molecular weight is 412 g/mol. The zero-order valence-corrected chi connectivity index (χ0v) is 17.7. The van der Waals surface area contributed by atoms with Crippen LogP contribution in [-0.2, 0) is 14.8 Å². The predicted molar refractivity (Wildman–Crippen MR) is 114 cm³/mol. The van der Waals surface area contributed by atoms with E-state index < -0.39 is 10.0 Å². The van der Waals surface area contributed by atoms with Crippen molar-refractivity contribution in [1.29, 1.82) is 0 Å². The van der Waals surface area contributed by atoms with Crippen LogP contribution in [0.4, 0.5) is 5.69 Å². The minimum atomic E-state index is -3.99. The number of hydrogen-bond donors (Lipinski definition) is 2. The highest BCUT2D eigenvalue weighted by atomic mass is 35.5. The summed E-state index contributed by atoms with van der Waals surface area (Å²) in [6.07, 6.45) is 6.30. The summed E-state index contributed by atoms with van der Waals surface area (Å²) < 4.78 is 34.0. The SMILES string of the molecule is C=Cc1c(NS(=O)(=O)C(/C(C)=C/CCC)=C(\C)OC)cc(Cl)c(O)c1C=C. The molecule has 1 aromatic rings. The Labute approximate surface area is 166 Å². The van der Waals surface area contributed by atoms with Crippen molar-refractivity contribution in [2.24, 2.45) is 0 Å². The Kier molecular flexibility index (Phi) is 8.19. The van der Waals surface area contributed by atoms with E-state index in [0.717, 1.165) is 12.8 Å². The van der Waals surface area contributed by atoms with E-state index in [1.807, 2.05) is 13.0 Å². The number of phenols is 1. The van der Waals surface area contributed by atoms with E-state index in [4.69, 9.17) is 16.3 Å². The molecule has 0 amide bonds. The summed E-state index contributed by atoms with van der Waals surface area (Å²) in [5.41, 5.74) is 1.44. The number of rotatable bonds is 9. The minimum Gasteiger partial charge on any atom is -0.506 e. The number of methoxy groups -OCH3 is 1. The van der Waals surface area contributed by atoms with Gasteiger partial charge in [0, 0.05) is 11.1 Å². The van der Waals surface area contributed by atoms with Crippen LogP contribution in [0.1, 0.15) is 44.7 Å². The number of anilines is 1. The summed E-state index contributed by atoms with van der Waals surface area (Å²) in [7, 11) is -2.57. The van der Waals surface area contributed by atoms with Gasteiger partial charge in [-0.15, -0.1) is 0 Å². The van der Waals surface area contributed by atoms with Crippen molar-refractivity contribution in [3.05, 3.63) is 57.7 Å². The van der Waals surface area contributed by atoms with Crippen LogP contribution in [-0.4, -0.2) is 20.6 Å². The molecule has 0 radical (unpaired) electrons. The molecule has 0 aliphatic carbocycles. The van der Waals surface area contributed by atoms with E-state index in [9.17, 15) is 13.5 Å². The second-order valence-corrected chi connectivity index (χ2v) is 7.89. The highest BCUT2D eigenvalue weighted by molar-refractivity contribution is 7.96. The van der Waals surface area contributed by atoms with Gasteiger partial charge in [0.25, 0.3) is 10.0 Å². The molecule has 27 heavy (non-hydrogen) atoms. The number of unbranched alkanes of at least 4 members (excludes halogenated alkanes) is 1. The molecule has 0 bridgehead atoms. The lowest BCUT2D eigenvalue weighted by Gasteiger charge is -2.18. The normalized spacial score (nSPS) is 13.0. The lowest BCUT2D eigenvalue weighted by atomic mass is 10.0. The maximum atomic E-state index is 13.1. The third-order valence-corrected chi connectivity index (χ3v) is 5.90. The maximum absolute atomic E-state index is 13.1. The number of nitrogens with one attached hydrogen (secondary N) is 1. The third kappa shape index (κ3) is 5.17. The summed E-state index contributed by atoms with van der Waals surface area (Å²) in [4.78, 5) is 0.0535. The summed E-state index contributed by atoms with van der Waals surface area (Å²) in [6, 6.07) is 1.34. The van der Waals surface area contributed by atoms with Gasteiger partial charge in [0.2, 0.25) is 0 Å². The zero-order chi connectivity index (χ0) is 20.8. The first kappa shape index (κ1) is 22.9. The highest BCUT2D eigenvalue weighted by Gasteiger charge is 2.25. The molecule has 0 saturated carbocycles. The summed E-state index contributed by atoms with van der Waals surface area (Å²) in [6.45, 7) is 12.6. The molecule has 0 unspecified atom stereocenters. The minimum absolute atomic E-state index is 0.000407. The van der Waals surface area contributed by atoms with Crippen molar-refractivity contribution >= 4 is 39.5 Å². The van der Waals surface area contributed by atoms with Crippen molar-refractivity contribution in [1.82, 2.24) is 0 Å². The van der Waals surface area contributed by atoms with Crippen molar-refractivity contribution in [2.75, 3.05) is 11.8 Å². The lowest BCUT2D eigenvalue weighted by molar-refractivity contribution is 0.292. The van der Waals surface area contributed by atoms with Crippen LogP contribution in [0.15, 0.2) is 41.5 Å². The van der Waals surface area contributed by atoms with Gasteiger partial charge in [0.1, 0.15) is 16.4 Å². The van der Waals surface area contributed by atoms with Crippen molar-refractivity contribution < 1.29 is 18.3 Å². The van der Waals surface area contributed by atoms with Crippen LogP contribution >= 0.6 is 11.6 Å². The summed E-state index contributed by atoms with van der Waals surface area (Å²) >= 11 is 6.04. The van der Waals surface area contributed by atoms with Gasteiger partial charge in [-0.2, -0.15) is 0 Å². The Morgan fingerprint density at radius 3 is 2.37 bits per heavy atom. The smallest absolute Gasteiger partial charge is 0.265 e. The second kappa shape index (κ2) is 9.67. The van der Waals surface area contributed by atoms with E-state index in [0.29, 0.717) is 16.7 Å². The Morgan fingerprint density at radius 2 is 1.89 bits per heavy atom. The van der Waals surface area contributed by atoms with Gasteiger partial charge >= 0.3 is 0 Å². The van der Waals surface area contributed by atoms with E-state index in [-0.39, 0.29) is 27.1 Å². The lowest BCUT2D eigenvalue weighted by Crippen LogP contribution is -2.18. The Balaban J connectivity index is 3.60. The molecule has 0 spiro atoms. The van der Waals surface area contributed by atoms with Gasteiger partial charge in [0.15, 0.2) is 0 Å². The van der Waals surface area contributed by atoms with Crippen molar-refractivity contribution in [3.8, 4) is 5.75 Å². The Morgan fingerprint density at radius 1 is 1.30 bits per heavy atom. The fourth-order valence-electron chi connectivity index (χ4n) is 2.61. The largest absolute Gasteiger partial charge is 0.506 e. The van der Waals surface area contributed by atoms with Gasteiger partial charge in [-0.05, 0) is 31.9 Å². The number of hydrogen-bond acceptors (Lipinski definition) is 4. The number of benzene rings is 1. The van der Waals surface area contributed by atoms with E-state index >= 15 is 0 Å². The predicted octanol–water partition coefficient (Wildman–Crippen LogP) is 5.70. The van der Waals surface area contributed by atoms with Gasteiger partial charge in [-0.3, -0.25) is 4.72 Å². The van der Waals surface area contributed by atoms with Crippen LogP contribution < -0.4 is 4.72 Å². The Hall–Kier alpha value is -2.18. The molecule has 0 saturated heterocycles. The number of halogens is 1. The number of sulfonamides is 1. The molecule has 0 heterocycles. The first-order valence-corrected chi connectivity index (χ1v) is 10.3. The molecule has 5 nitrogen and oxygen atoms in total.